The molecule has 9 heteroatoms. The highest BCUT2D eigenvalue weighted by molar-refractivity contribution is 5.90. The van der Waals surface area contributed by atoms with Gasteiger partial charge in [-0.2, -0.15) is 0 Å². The van der Waals surface area contributed by atoms with Crippen LogP contribution in [0.4, 0.5) is 15.0 Å². The van der Waals surface area contributed by atoms with Crippen molar-refractivity contribution in [2.24, 2.45) is 0 Å². The summed E-state index contributed by atoms with van der Waals surface area (Å²) in [5, 5.41) is 12.2. The van der Waals surface area contributed by atoms with E-state index in [2.05, 4.69) is 10.3 Å². The molecule has 3 heterocycles. The van der Waals surface area contributed by atoms with Gasteiger partial charge in [0.2, 0.25) is 6.29 Å². The summed E-state index contributed by atoms with van der Waals surface area (Å²) in [5.41, 5.74) is -0.512. The molecule has 2 bridgehead atoms. The lowest BCUT2D eigenvalue weighted by Gasteiger charge is -2.52. The van der Waals surface area contributed by atoms with E-state index in [9.17, 15) is 4.79 Å². The standard InChI is InChI=1S/C22H34FN3O5/c1-21(2,3)31-20(28)26-15-11-22(23,12-15)16-10-14(13-24-8-6-7-9-27)17(25-18(16)26)19(29-4)30-5/h10,15,19,24,27H,6-9,11-13H2,1-5H3. The Labute approximate surface area is 183 Å². The van der Waals surface area contributed by atoms with Crippen molar-refractivity contribution in [2.75, 3.05) is 32.3 Å². The number of nitrogens with one attached hydrogen (secondary N) is 1. The minimum Gasteiger partial charge on any atom is -0.443 e. The Morgan fingerprint density at radius 2 is 2.03 bits per heavy atom. The number of unbranched alkanes of at least 4 members (excludes halogenated alkanes) is 1. The number of hydrogen-bond donors (Lipinski definition) is 2. The summed E-state index contributed by atoms with van der Waals surface area (Å²) in [7, 11) is 3.01. The summed E-state index contributed by atoms with van der Waals surface area (Å²) in [6, 6.07) is 1.49. The second kappa shape index (κ2) is 9.36. The molecule has 31 heavy (non-hydrogen) atoms. The van der Waals surface area contributed by atoms with E-state index in [0.29, 0.717) is 30.8 Å². The van der Waals surface area contributed by atoms with Crippen LogP contribution in [0.5, 0.6) is 0 Å². The van der Waals surface area contributed by atoms with Crippen molar-refractivity contribution in [3.8, 4) is 0 Å². The summed E-state index contributed by atoms with van der Waals surface area (Å²) in [6.07, 6.45) is 0.724. The van der Waals surface area contributed by atoms with Gasteiger partial charge in [-0.25, -0.2) is 14.2 Å². The number of nitrogens with zero attached hydrogens (tertiary/aromatic N) is 2. The van der Waals surface area contributed by atoms with Gasteiger partial charge in [0, 0.05) is 51.8 Å². The molecule has 2 N–H and O–H groups in total. The SMILES string of the molecule is COC(OC)c1nc2c(cc1CNCCCCO)C1(F)CC(C1)N2C(=O)OC(C)(C)C. The Morgan fingerprint density at radius 1 is 1.35 bits per heavy atom. The lowest BCUT2D eigenvalue weighted by atomic mass is 9.68. The number of pyridine rings is 1. The van der Waals surface area contributed by atoms with Crippen LogP contribution < -0.4 is 10.2 Å². The minimum absolute atomic E-state index is 0.148. The number of rotatable bonds is 9. The van der Waals surface area contributed by atoms with Crippen LogP contribution in [0.3, 0.4) is 0 Å². The van der Waals surface area contributed by atoms with Crippen molar-refractivity contribution >= 4 is 11.9 Å². The fourth-order valence-electron chi connectivity index (χ4n) is 4.13. The van der Waals surface area contributed by atoms with Gasteiger partial charge in [0.1, 0.15) is 22.8 Å². The van der Waals surface area contributed by atoms with Gasteiger partial charge in [0.25, 0.3) is 0 Å². The van der Waals surface area contributed by atoms with E-state index < -0.39 is 23.7 Å². The average Bonchev–Trinajstić information content (AvgIpc) is 2.66. The molecule has 0 radical (unpaired) electrons. The molecule has 2 aliphatic heterocycles. The van der Waals surface area contributed by atoms with Crippen LogP contribution in [0, 0.1) is 0 Å². The Bertz CT molecular complexity index is 788. The second-order valence-corrected chi connectivity index (χ2v) is 9.19. The van der Waals surface area contributed by atoms with E-state index in [1.54, 1.807) is 26.8 Å². The number of aromatic nitrogens is 1. The summed E-state index contributed by atoms with van der Waals surface area (Å²) in [6.45, 7) is 6.68. The lowest BCUT2D eigenvalue weighted by molar-refractivity contribution is -0.109. The van der Waals surface area contributed by atoms with Crippen LogP contribution in [0.1, 0.15) is 69.6 Å². The fourth-order valence-corrected chi connectivity index (χ4v) is 4.13. The molecular formula is C22H34FN3O5. The van der Waals surface area contributed by atoms with Crippen molar-refractivity contribution in [1.29, 1.82) is 0 Å². The molecule has 0 saturated heterocycles. The lowest BCUT2D eigenvalue weighted by Crippen LogP contribution is -2.60. The molecule has 0 atom stereocenters. The predicted molar refractivity (Wildman–Crippen MR) is 114 cm³/mol. The first-order valence-corrected chi connectivity index (χ1v) is 10.8. The number of amides is 1. The molecule has 1 aromatic rings. The van der Waals surface area contributed by atoms with Crippen LogP contribution in [-0.2, 0) is 26.4 Å². The van der Waals surface area contributed by atoms with Crippen LogP contribution in [0.2, 0.25) is 0 Å². The number of aliphatic hydroxyl groups excluding tert-OH is 1. The molecule has 0 unspecified atom stereocenters. The van der Waals surface area contributed by atoms with Crippen molar-refractivity contribution < 1.29 is 28.5 Å². The summed E-state index contributed by atoms with van der Waals surface area (Å²) < 4.78 is 32.0. The highest BCUT2D eigenvalue weighted by Crippen LogP contribution is 2.56. The molecule has 1 saturated carbocycles. The van der Waals surface area contributed by atoms with E-state index in [0.717, 1.165) is 12.0 Å². The van der Waals surface area contributed by atoms with Crippen LogP contribution in [0.15, 0.2) is 6.07 Å². The molecule has 0 aromatic carbocycles. The molecule has 3 aliphatic rings. The van der Waals surface area contributed by atoms with Gasteiger partial charge >= 0.3 is 6.09 Å². The Balaban J connectivity index is 1.97. The van der Waals surface area contributed by atoms with Gasteiger partial charge in [-0.1, -0.05) is 0 Å². The normalized spacial score (nSPS) is 22.3. The zero-order chi connectivity index (χ0) is 22.8. The number of ether oxygens (including phenoxy) is 3. The molecule has 0 spiro atoms. The molecule has 8 nitrogen and oxygen atoms in total. The Morgan fingerprint density at radius 3 is 2.61 bits per heavy atom. The first-order valence-electron chi connectivity index (χ1n) is 10.8. The maximum Gasteiger partial charge on any atom is 0.416 e. The number of anilines is 1. The third-order valence-corrected chi connectivity index (χ3v) is 5.63. The van der Waals surface area contributed by atoms with E-state index in [1.807, 2.05) is 0 Å². The van der Waals surface area contributed by atoms with E-state index in [4.69, 9.17) is 19.3 Å². The predicted octanol–water partition coefficient (Wildman–Crippen LogP) is 3.32. The van der Waals surface area contributed by atoms with Crippen molar-refractivity contribution in [3.05, 3.63) is 22.9 Å². The summed E-state index contributed by atoms with van der Waals surface area (Å²) in [4.78, 5) is 19.1. The monoisotopic (exact) mass is 439 g/mol. The fraction of sp³-hybridized carbons (Fsp3) is 0.727. The van der Waals surface area contributed by atoms with E-state index in [-0.39, 0.29) is 31.3 Å². The van der Waals surface area contributed by atoms with Gasteiger partial charge in [-0.05, 0) is 51.8 Å². The number of carbonyl (C=O) groups is 1. The Hall–Kier alpha value is -1.81. The molecule has 1 aliphatic carbocycles. The zero-order valence-electron chi connectivity index (χ0n) is 19.0. The summed E-state index contributed by atoms with van der Waals surface area (Å²) in [5.74, 6) is 0.275. The number of alkyl halides is 1. The number of aliphatic hydroxyl groups is 1. The highest BCUT2D eigenvalue weighted by Gasteiger charge is 2.58. The zero-order valence-corrected chi connectivity index (χ0v) is 19.0. The maximum absolute atomic E-state index is 15.5. The topological polar surface area (TPSA) is 93.1 Å². The molecule has 1 amide bonds. The van der Waals surface area contributed by atoms with Gasteiger partial charge in [0.05, 0.1) is 0 Å². The molecule has 1 fully saturated rings. The van der Waals surface area contributed by atoms with Crippen LogP contribution >= 0.6 is 0 Å². The third-order valence-electron chi connectivity index (χ3n) is 5.63. The van der Waals surface area contributed by atoms with Crippen LogP contribution in [0.25, 0.3) is 0 Å². The van der Waals surface area contributed by atoms with Gasteiger partial charge < -0.3 is 24.6 Å². The van der Waals surface area contributed by atoms with Gasteiger partial charge in [-0.15, -0.1) is 0 Å². The van der Waals surface area contributed by atoms with Gasteiger partial charge in [-0.3, -0.25) is 4.90 Å². The number of carbonyl (C=O) groups excluding carboxylic acids is 1. The van der Waals surface area contributed by atoms with Crippen molar-refractivity contribution in [1.82, 2.24) is 10.3 Å². The molecular weight excluding hydrogens is 405 g/mol. The van der Waals surface area contributed by atoms with Gasteiger partial charge in [0.15, 0.2) is 0 Å². The van der Waals surface area contributed by atoms with Crippen molar-refractivity contribution in [2.45, 2.75) is 76.6 Å². The molecule has 4 rings (SSSR count). The third kappa shape index (κ3) is 5.00. The van der Waals surface area contributed by atoms with Crippen LogP contribution in [-0.4, -0.2) is 55.2 Å². The second-order valence-electron chi connectivity index (χ2n) is 9.19. The van der Waals surface area contributed by atoms with E-state index >= 15 is 4.39 Å². The number of halogens is 1. The number of methoxy groups -OCH3 is 2. The first kappa shape index (κ1) is 23.8. The maximum atomic E-state index is 15.5. The van der Waals surface area contributed by atoms with Crippen molar-refractivity contribution in [3.63, 3.8) is 0 Å². The largest absolute Gasteiger partial charge is 0.443 e. The smallest absolute Gasteiger partial charge is 0.416 e. The summed E-state index contributed by atoms with van der Waals surface area (Å²) >= 11 is 0. The molecule has 1 aromatic heterocycles. The first-order chi connectivity index (χ1) is 14.6. The average molecular weight is 440 g/mol. The van der Waals surface area contributed by atoms with E-state index in [1.165, 1.54) is 19.1 Å². The molecule has 174 valence electrons. The quantitative estimate of drug-likeness (QED) is 0.450. The number of hydrogen-bond acceptors (Lipinski definition) is 7. The Kier molecular flexibility index (Phi) is 7.20. The minimum atomic E-state index is -1.49. The highest BCUT2D eigenvalue weighted by atomic mass is 19.1.